The molecule has 1 fully saturated rings. The van der Waals surface area contributed by atoms with Crippen LogP contribution in [0, 0.1) is 0 Å². The minimum absolute atomic E-state index is 0.0993. The Labute approximate surface area is 121 Å². The lowest BCUT2D eigenvalue weighted by molar-refractivity contribution is -0.125. The van der Waals surface area contributed by atoms with Crippen LogP contribution in [0.1, 0.15) is 19.4 Å². The Balaban J connectivity index is 1.67. The van der Waals surface area contributed by atoms with Gasteiger partial charge in [0.15, 0.2) is 0 Å². The molecule has 1 aliphatic rings. The van der Waals surface area contributed by atoms with Gasteiger partial charge in [0.25, 0.3) is 0 Å². The van der Waals surface area contributed by atoms with E-state index in [0.717, 1.165) is 19.5 Å². The van der Waals surface area contributed by atoms with Crippen molar-refractivity contribution in [3.63, 3.8) is 0 Å². The summed E-state index contributed by atoms with van der Waals surface area (Å²) in [7, 11) is 0. The van der Waals surface area contributed by atoms with Crippen LogP contribution in [0.4, 0.5) is 0 Å². The average Bonchev–Trinajstić information content (AvgIpc) is 2.38. The molecule has 0 aromatic heterocycles. The summed E-state index contributed by atoms with van der Waals surface area (Å²) in [5, 5.41) is 2.99. The van der Waals surface area contributed by atoms with Crippen molar-refractivity contribution in [2.75, 3.05) is 26.2 Å². The first kappa shape index (κ1) is 15.0. The quantitative estimate of drug-likeness (QED) is 0.885. The summed E-state index contributed by atoms with van der Waals surface area (Å²) in [6.45, 7) is 6.92. The van der Waals surface area contributed by atoms with Crippen LogP contribution in [0.15, 0.2) is 30.3 Å². The molecule has 0 aliphatic carbocycles. The van der Waals surface area contributed by atoms with E-state index in [9.17, 15) is 4.79 Å². The molecule has 2 atom stereocenters. The molecule has 0 radical (unpaired) electrons. The van der Waals surface area contributed by atoms with Gasteiger partial charge >= 0.3 is 0 Å². The van der Waals surface area contributed by atoms with E-state index in [1.807, 2.05) is 18.2 Å². The molecule has 0 unspecified atom stereocenters. The van der Waals surface area contributed by atoms with Gasteiger partial charge in [-0.2, -0.15) is 0 Å². The molecule has 4 heteroatoms. The molecule has 1 aromatic carbocycles. The van der Waals surface area contributed by atoms with Crippen molar-refractivity contribution < 1.29 is 9.53 Å². The highest BCUT2D eigenvalue weighted by Crippen LogP contribution is 2.09. The minimum Gasteiger partial charge on any atom is -0.373 e. The third kappa shape index (κ3) is 4.94. The largest absolute Gasteiger partial charge is 0.373 e. The molecule has 0 saturated carbocycles. The fraction of sp³-hybridized carbons (Fsp3) is 0.562. The van der Waals surface area contributed by atoms with Gasteiger partial charge in [0.2, 0.25) is 5.91 Å². The summed E-state index contributed by atoms with van der Waals surface area (Å²) >= 11 is 0. The summed E-state index contributed by atoms with van der Waals surface area (Å²) in [4.78, 5) is 14.1. The molecule has 0 bridgehead atoms. The number of morpholine rings is 1. The summed E-state index contributed by atoms with van der Waals surface area (Å²) in [6, 6.07) is 10.2. The maximum absolute atomic E-state index is 11.9. The lowest BCUT2D eigenvalue weighted by Crippen LogP contribution is -2.49. The average molecular weight is 276 g/mol. The molecule has 1 amide bonds. The Kier molecular flexibility index (Phi) is 5.56. The van der Waals surface area contributed by atoms with Gasteiger partial charge in [0, 0.05) is 19.6 Å². The van der Waals surface area contributed by atoms with Crippen LogP contribution in [-0.2, 0) is 16.0 Å². The molecular formula is C16H24N2O2. The van der Waals surface area contributed by atoms with Crippen LogP contribution in [0.2, 0.25) is 0 Å². The molecule has 1 N–H and O–H groups in total. The van der Waals surface area contributed by atoms with Gasteiger partial charge in [0.05, 0.1) is 18.8 Å². The van der Waals surface area contributed by atoms with Crippen molar-refractivity contribution in [2.45, 2.75) is 32.5 Å². The number of amides is 1. The minimum atomic E-state index is 0.0993. The number of carbonyl (C=O) groups excluding carboxylic acids is 1. The Morgan fingerprint density at radius 2 is 1.90 bits per heavy atom. The van der Waals surface area contributed by atoms with Crippen LogP contribution in [0.3, 0.4) is 0 Å². The molecule has 1 aromatic rings. The second-order valence-electron chi connectivity index (χ2n) is 5.54. The molecule has 0 spiro atoms. The zero-order valence-corrected chi connectivity index (χ0v) is 12.3. The highest BCUT2D eigenvalue weighted by Gasteiger charge is 2.23. The van der Waals surface area contributed by atoms with Crippen molar-refractivity contribution in [1.82, 2.24) is 10.2 Å². The summed E-state index contributed by atoms with van der Waals surface area (Å²) < 4.78 is 5.66. The zero-order chi connectivity index (χ0) is 14.4. The van der Waals surface area contributed by atoms with Gasteiger partial charge in [-0.15, -0.1) is 0 Å². The SMILES string of the molecule is C[C@@H]1CN(CC(=O)NCCc2ccccc2)C[C@H](C)O1. The third-order valence-electron chi connectivity index (χ3n) is 3.44. The number of nitrogens with zero attached hydrogens (tertiary/aromatic N) is 1. The number of hydrogen-bond acceptors (Lipinski definition) is 3. The first-order valence-electron chi connectivity index (χ1n) is 7.32. The van der Waals surface area contributed by atoms with E-state index < -0.39 is 0 Å². The van der Waals surface area contributed by atoms with E-state index in [-0.39, 0.29) is 18.1 Å². The van der Waals surface area contributed by atoms with E-state index in [4.69, 9.17) is 4.74 Å². The smallest absolute Gasteiger partial charge is 0.234 e. The highest BCUT2D eigenvalue weighted by atomic mass is 16.5. The Morgan fingerprint density at radius 1 is 1.25 bits per heavy atom. The molecule has 1 heterocycles. The van der Waals surface area contributed by atoms with E-state index in [1.54, 1.807) is 0 Å². The molecule has 1 aliphatic heterocycles. The second kappa shape index (κ2) is 7.41. The summed E-state index contributed by atoms with van der Waals surface area (Å²) in [6.07, 6.45) is 1.29. The van der Waals surface area contributed by atoms with E-state index in [1.165, 1.54) is 5.56 Å². The van der Waals surface area contributed by atoms with Crippen LogP contribution in [0.25, 0.3) is 0 Å². The van der Waals surface area contributed by atoms with Gasteiger partial charge < -0.3 is 10.1 Å². The standard InChI is InChI=1S/C16H24N2O2/c1-13-10-18(11-14(2)20-13)12-16(19)17-9-8-15-6-4-3-5-7-15/h3-7,13-14H,8-12H2,1-2H3,(H,17,19)/t13-,14+. The van der Waals surface area contributed by atoms with Crippen molar-refractivity contribution in [1.29, 1.82) is 0 Å². The molecule has 20 heavy (non-hydrogen) atoms. The Bertz CT molecular complexity index is 412. The summed E-state index contributed by atoms with van der Waals surface area (Å²) in [5.41, 5.74) is 1.25. The number of carbonyl (C=O) groups is 1. The molecular weight excluding hydrogens is 252 g/mol. The predicted octanol–water partition coefficient (Wildman–Crippen LogP) is 1.45. The van der Waals surface area contributed by atoms with Crippen LogP contribution in [0.5, 0.6) is 0 Å². The van der Waals surface area contributed by atoms with E-state index in [0.29, 0.717) is 13.1 Å². The number of hydrogen-bond donors (Lipinski definition) is 1. The monoisotopic (exact) mass is 276 g/mol. The first-order valence-corrected chi connectivity index (χ1v) is 7.32. The fourth-order valence-corrected chi connectivity index (χ4v) is 2.66. The van der Waals surface area contributed by atoms with Crippen molar-refractivity contribution >= 4 is 5.91 Å². The third-order valence-corrected chi connectivity index (χ3v) is 3.44. The molecule has 110 valence electrons. The van der Waals surface area contributed by atoms with Crippen LogP contribution in [-0.4, -0.2) is 49.2 Å². The Morgan fingerprint density at radius 3 is 2.55 bits per heavy atom. The fourth-order valence-electron chi connectivity index (χ4n) is 2.66. The number of nitrogens with one attached hydrogen (secondary N) is 1. The maximum atomic E-state index is 11.9. The van der Waals surface area contributed by atoms with Crippen molar-refractivity contribution in [2.24, 2.45) is 0 Å². The normalized spacial score (nSPS) is 23.5. The van der Waals surface area contributed by atoms with Gasteiger partial charge in [-0.3, -0.25) is 9.69 Å². The molecule has 1 saturated heterocycles. The summed E-state index contributed by atoms with van der Waals surface area (Å²) in [5.74, 6) is 0.0993. The zero-order valence-electron chi connectivity index (χ0n) is 12.3. The second-order valence-corrected chi connectivity index (χ2v) is 5.54. The van der Waals surface area contributed by atoms with Crippen LogP contribution < -0.4 is 5.32 Å². The van der Waals surface area contributed by atoms with Gasteiger partial charge in [-0.1, -0.05) is 30.3 Å². The number of rotatable bonds is 5. The number of ether oxygens (including phenoxy) is 1. The van der Waals surface area contributed by atoms with E-state index in [2.05, 4.69) is 36.2 Å². The predicted molar refractivity (Wildman–Crippen MR) is 79.6 cm³/mol. The highest BCUT2D eigenvalue weighted by molar-refractivity contribution is 5.78. The number of benzene rings is 1. The Hall–Kier alpha value is -1.39. The first-order chi connectivity index (χ1) is 9.63. The molecule has 4 nitrogen and oxygen atoms in total. The lowest BCUT2D eigenvalue weighted by Gasteiger charge is -2.34. The van der Waals surface area contributed by atoms with E-state index >= 15 is 0 Å². The van der Waals surface area contributed by atoms with Gasteiger partial charge in [-0.05, 0) is 25.8 Å². The topological polar surface area (TPSA) is 41.6 Å². The van der Waals surface area contributed by atoms with Crippen molar-refractivity contribution in [3.05, 3.63) is 35.9 Å². The van der Waals surface area contributed by atoms with Gasteiger partial charge in [0.1, 0.15) is 0 Å². The molecule has 2 rings (SSSR count). The van der Waals surface area contributed by atoms with Gasteiger partial charge in [-0.25, -0.2) is 0 Å². The maximum Gasteiger partial charge on any atom is 0.234 e. The lowest BCUT2D eigenvalue weighted by atomic mass is 10.1. The van der Waals surface area contributed by atoms with Crippen LogP contribution >= 0.6 is 0 Å². The van der Waals surface area contributed by atoms with Crippen molar-refractivity contribution in [3.8, 4) is 0 Å².